The molecule has 0 saturated heterocycles. The first kappa shape index (κ1) is 25.8. The number of rotatable bonds is 6. The lowest BCUT2D eigenvalue weighted by atomic mass is 9.96. The predicted molar refractivity (Wildman–Crippen MR) is 151 cm³/mol. The van der Waals surface area contributed by atoms with Crippen molar-refractivity contribution in [2.75, 3.05) is 6.26 Å². The number of thiazole rings is 1. The summed E-state index contributed by atoms with van der Waals surface area (Å²) < 4.78 is 9.55. The number of nitrogens with zero attached hydrogens (tertiary/aromatic N) is 4. The molecule has 1 aliphatic heterocycles. The van der Waals surface area contributed by atoms with Gasteiger partial charge in [0.2, 0.25) is 0 Å². The molecule has 3 heterocycles. The van der Waals surface area contributed by atoms with Gasteiger partial charge in [-0.15, -0.1) is 11.8 Å². The number of esters is 1. The van der Waals surface area contributed by atoms with Gasteiger partial charge < -0.3 is 9.30 Å². The molecule has 0 aliphatic carbocycles. The molecule has 192 valence electrons. The van der Waals surface area contributed by atoms with Gasteiger partial charge in [0, 0.05) is 27.6 Å². The van der Waals surface area contributed by atoms with Crippen molar-refractivity contribution in [3.8, 4) is 6.07 Å². The zero-order valence-corrected chi connectivity index (χ0v) is 23.1. The minimum Gasteiger partial charge on any atom is -0.459 e. The van der Waals surface area contributed by atoms with Gasteiger partial charge >= 0.3 is 5.97 Å². The largest absolute Gasteiger partial charge is 0.459 e. The van der Waals surface area contributed by atoms with Crippen LogP contribution in [0, 0.1) is 11.3 Å². The lowest BCUT2D eigenvalue weighted by Gasteiger charge is -2.25. The summed E-state index contributed by atoms with van der Waals surface area (Å²) in [6.45, 7) is 5.59. The van der Waals surface area contributed by atoms with E-state index in [1.54, 1.807) is 37.1 Å². The van der Waals surface area contributed by atoms with Crippen molar-refractivity contribution in [1.82, 2.24) is 9.13 Å². The number of fused-ring (bicyclic) bond motifs is 2. The van der Waals surface area contributed by atoms with Crippen LogP contribution in [-0.4, -0.2) is 27.5 Å². The van der Waals surface area contributed by atoms with Crippen molar-refractivity contribution >= 4 is 46.0 Å². The maximum absolute atomic E-state index is 13.9. The number of nitriles is 1. The Morgan fingerprint density at radius 2 is 1.97 bits per heavy atom. The van der Waals surface area contributed by atoms with Crippen molar-refractivity contribution in [2.24, 2.45) is 4.99 Å². The van der Waals surface area contributed by atoms with E-state index in [1.165, 1.54) is 11.3 Å². The van der Waals surface area contributed by atoms with E-state index in [9.17, 15) is 14.9 Å². The molecule has 0 spiro atoms. The highest BCUT2D eigenvalue weighted by atomic mass is 32.2. The van der Waals surface area contributed by atoms with Crippen LogP contribution in [0.1, 0.15) is 37.9 Å². The third-order valence-corrected chi connectivity index (χ3v) is 8.09. The molecule has 4 aromatic rings. The smallest absolute Gasteiger partial charge is 0.338 e. The average molecular weight is 543 g/mol. The SMILES string of the molecule is CSc1ccc([C@@H]2C(C(=O)OC(C)C)=C(C)N=c3s/c(=C\c4cn(CC#N)c5ccccc45)c(=O)n32)cc1. The number of ether oxygens (including phenoxy) is 1. The molecule has 0 amide bonds. The number of carbonyl (C=O) groups excluding carboxylic acids is 1. The highest BCUT2D eigenvalue weighted by molar-refractivity contribution is 7.98. The molecule has 7 nitrogen and oxygen atoms in total. The Morgan fingerprint density at radius 1 is 1.24 bits per heavy atom. The normalized spacial score (nSPS) is 15.5. The van der Waals surface area contributed by atoms with E-state index in [2.05, 4.69) is 11.1 Å². The minimum absolute atomic E-state index is 0.210. The van der Waals surface area contributed by atoms with Crippen LogP contribution >= 0.6 is 23.1 Å². The van der Waals surface area contributed by atoms with Gasteiger partial charge in [0.05, 0.1) is 34.0 Å². The Balaban J connectivity index is 1.72. The number of thioether (sulfide) groups is 1. The Labute approximate surface area is 228 Å². The molecular weight excluding hydrogens is 516 g/mol. The van der Waals surface area contributed by atoms with Gasteiger partial charge in [-0.25, -0.2) is 9.79 Å². The quantitative estimate of drug-likeness (QED) is 0.266. The summed E-state index contributed by atoms with van der Waals surface area (Å²) in [5, 5.41) is 10.2. The second-order valence-electron chi connectivity index (χ2n) is 9.20. The lowest BCUT2D eigenvalue weighted by Crippen LogP contribution is -2.40. The van der Waals surface area contributed by atoms with E-state index in [-0.39, 0.29) is 18.2 Å². The number of carbonyl (C=O) groups is 1. The summed E-state index contributed by atoms with van der Waals surface area (Å²) in [4.78, 5) is 33.5. The van der Waals surface area contributed by atoms with Gasteiger partial charge in [-0.05, 0) is 56.9 Å². The topological polar surface area (TPSA) is 89.4 Å². The monoisotopic (exact) mass is 542 g/mol. The van der Waals surface area contributed by atoms with Crippen LogP contribution in [0.25, 0.3) is 17.0 Å². The van der Waals surface area contributed by atoms with Gasteiger partial charge in [0.15, 0.2) is 4.80 Å². The van der Waals surface area contributed by atoms with E-state index in [4.69, 9.17) is 4.74 Å². The number of para-hydroxylation sites is 1. The number of hydrogen-bond donors (Lipinski definition) is 0. The van der Waals surface area contributed by atoms with E-state index in [0.717, 1.165) is 26.9 Å². The van der Waals surface area contributed by atoms with E-state index in [0.29, 0.717) is 20.6 Å². The summed E-state index contributed by atoms with van der Waals surface area (Å²) in [6.07, 6.45) is 5.43. The van der Waals surface area contributed by atoms with Crippen LogP contribution in [0.2, 0.25) is 0 Å². The molecule has 9 heteroatoms. The van der Waals surface area contributed by atoms with Crippen LogP contribution in [0.15, 0.2) is 80.7 Å². The van der Waals surface area contributed by atoms with Crippen LogP contribution in [0.3, 0.4) is 0 Å². The van der Waals surface area contributed by atoms with Crippen LogP contribution in [-0.2, 0) is 16.1 Å². The Morgan fingerprint density at radius 3 is 2.66 bits per heavy atom. The van der Waals surface area contributed by atoms with Crippen molar-refractivity contribution in [3.63, 3.8) is 0 Å². The summed E-state index contributed by atoms with van der Waals surface area (Å²) >= 11 is 2.91. The molecule has 0 bridgehead atoms. The molecule has 38 heavy (non-hydrogen) atoms. The standard InChI is InChI=1S/C29H26N4O3S2/c1-17(2)36-28(35)25-18(3)31-29-33(26(25)19-9-11-21(37-4)12-10-19)27(34)24(38-29)15-20-16-32(14-13-30)23-8-6-5-7-22(20)23/h5-12,15-17,26H,14H2,1-4H3/b24-15-/t26-/m1/s1. The van der Waals surface area contributed by atoms with Crippen LogP contribution in [0.4, 0.5) is 0 Å². The average Bonchev–Trinajstić information content (AvgIpc) is 3.40. The first-order valence-electron chi connectivity index (χ1n) is 12.1. The third-order valence-electron chi connectivity index (χ3n) is 6.36. The molecule has 0 saturated carbocycles. The second kappa shape index (κ2) is 10.5. The molecule has 1 atom stereocenters. The third kappa shape index (κ3) is 4.62. The van der Waals surface area contributed by atoms with Crippen molar-refractivity contribution in [2.45, 2.75) is 44.4 Å². The van der Waals surface area contributed by atoms with Crippen molar-refractivity contribution in [1.29, 1.82) is 5.26 Å². The molecule has 0 unspecified atom stereocenters. The van der Waals surface area contributed by atoms with E-state index >= 15 is 0 Å². The van der Waals surface area contributed by atoms with Gasteiger partial charge in [0.25, 0.3) is 5.56 Å². The molecular formula is C29H26N4O3S2. The summed E-state index contributed by atoms with van der Waals surface area (Å²) in [6, 6.07) is 17.2. The molecule has 0 fully saturated rings. The van der Waals surface area contributed by atoms with Crippen LogP contribution in [0.5, 0.6) is 0 Å². The van der Waals surface area contributed by atoms with Gasteiger partial charge in [-0.2, -0.15) is 5.26 Å². The molecule has 0 radical (unpaired) electrons. The highest BCUT2D eigenvalue weighted by Gasteiger charge is 2.33. The zero-order chi connectivity index (χ0) is 27.0. The molecule has 2 aromatic carbocycles. The summed E-state index contributed by atoms with van der Waals surface area (Å²) in [7, 11) is 0. The van der Waals surface area contributed by atoms with Crippen molar-refractivity contribution in [3.05, 3.63) is 96.8 Å². The Hall–Kier alpha value is -3.87. The van der Waals surface area contributed by atoms with Gasteiger partial charge in [-0.1, -0.05) is 41.7 Å². The van der Waals surface area contributed by atoms with E-state index < -0.39 is 12.0 Å². The fourth-order valence-corrected chi connectivity index (χ4v) is 6.15. The predicted octanol–water partition coefficient (Wildman–Crippen LogP) is 4.39. The first-order valence-corrected chi connectivity index (χ1v) is 14.2. The van der Waals surface area contributed by atoms with Crippen LogP contribution < -0.4 is 14.9 Å². The van der Waals surface area contributed by atoms with E-state index in [1.807, 2.05) is 71.6 Å². The summed E-state index contributed by atoms with van der Waals surface area (Å²) in [5.41, 5.74) is 3.25. The number of allylic oxidation sites excluding steroid dienone is 1. The minimum atomic E-state index is -0.657. The first-order chi connectivity index (χ1) is 18.3. The number of hydrogen-bond acceptors (Lipinski definition) is 7. The maximum atomic E-state index is 13.9. The second-order valence-corrected chi connectivity index (χ2v) is 11.1. The van der Waals surface area contributed by atoms with Crippen molar-refractivity contribution < 1.29 is 9.53 Å². The van der Waals surface area contributed by atoms with Gasteiger partial charge in [0.1, 0.15) is 6.54 Å². The zero-order valence-electron chi connectivity index (χ0n) is 21.5. The molecule has 5 rings (SSSR count). The maximum Gasteiger partial charge on any atom is 0.338 e. The fourth-order valence-electron chi connectivity index (χ4n) is 4.70. The fraction of sp³-hybridized carbons (Fsp3) is 0.241. The molecule has 2 aromatic heterocycles. The Kier molecular flexibility index (Phi) is 7.11. The highest BCUT2D eigenvalue weighted by Crippen LogP contribution is 2.32. The number of benzene rings is 2. The Bertz CT molecular complexity index is 1800. The molecule has 0 N–H and O–H groups in total. The van der Waals surface area contributed by atoms with Gasteiger partial charge in [-0.3, -0.25) is 9.36 Å². The lowest BCUT2D eigenvalue weighted by molar-refractivity contribution is -0.143. The molecule has 1 aliphatic rings. The summed E-state index contributed by atoms with van der Waals surface area (Å²) in [5.74, 6) is -0.478. The number of aromatic nitrogens is 2.